The quantitative estimate of drug-likeness (QED) is 0.530. The van der Waals surface area contributed by atoms with Crippen molar-refractivity contribution in [3.63, 3.8) is 0 Å². The van der Waals surface area contributed by atoms with E-state index in [2.05, 4.69) is 18.8 Å². The van der Waals surface area contributed by atoms with Gasteiger partial charge in [-0.25, -0.2) is 8.42 Å². The first kappa shape index (κ1) is 24.4. The van der Waals surface area contributed by atoms with E-state index in [0.717, 1.165) is 16.6 Å². The first-order valence-corrected chi connectivity index (χ1v) is 13.3. The third-order valence-corrected chi connectivity index (χ3v) is 8.99. The molecule has 8 nitrogen and oxygen atoms in total. The highest BCUT2D eigenvalue weighted by Crippen LogP contribution is 2.32. The Morgan fingerprint density at radius 3 is 2.29 bits per heavy atom. The van der Waals surface area contributed by atoms with Gasteiger partial charge in [0.05, 0.1) is 23.8 Å². The van der Waals surface area contributed by atoms with Crippen molar-refractivity contribution < 1.29 is 22.7 Å². The monoisotopic (exact) mass is 503 g/mol. The molecule has 3 aromatic rings. The predicted molar refractivity (Wildman–Crippen MR) is 132 cm³/mol. The smallest absolute Gasteiger partial charge is 0.279 e. The van der Waals surface area contributed by atoms with Gasteiger partial charge in [0.15, 0.2) is 4.80 Å². The molecule has 1 amide bonds. The van der Waals surface area contributed by atoms with Gasteiger partial charge in [0.25, 0.3) is 5.91 Å². The van der Waals surface area contributed by atoms with E-state index in [1.54, 1.807) is 29.2 Å². The fourth-order valence-corrected chi connectivity index (χ4v) is 7.21. The molecule has 0 bridgehead atoms. The molecule has 1 aliphatic heterocycles. The van der Waals surface area contributed by atoms with Gasteiger partial charge in [0.2, 0.25) is 10.0 Å². The van der Waals surface area contributed by atoms with Gasteiger partial charge in [0, 0.05) is 31.8 Å². The van der Waals surface area contributed by atoms with Crippen molar-refractivity contribution >= 4 is 37.5 Å². The zero-order chi connectivity index (χ0) is 24.6. The van der Waals surface area contributed by atoms with E-state index in [9.17, 15) is 13.2 Å². The van der Waals surface area contributed by atoms with E-state index < -0.39 is 15.9 Å². The van der Waals surface area contributed by atoms with E-state index >= 15 is 0 Å². The van der Waals surface area contributed by atoms with Crippen molar-refractivity contribution in [3.8, 4) is 11.5 Å². The van der Waals surface area contributed by atoms with E-state index in [1.165, 1.54) is 35.6 Å². The van der Waals surface area contributed by atoms with E-state index in [1.807, 2.05) is 13.1 Å². The number of sulfonamides is 1. The summed E-state index contributed by atoms with van der Waals surface area (Å²) in [4.78, 5) is 17.9. The van der Waals surface area contributed by atoms with Crippen LogP contribution in [0.3, 0.4) is 0 Å². The number of benzene rings is 2. The number of carbonyl (C=O) groups excluding carboxylic acids is 1. The van der Waals surface area contributed by atoms with E-state index in [4.69, 9.17) is 9.47 Å². The minimum absolute atomic E-state index is 0.189. The second kappa shape index (κ2) is 9.52. The largest absolute Gasteiger partial charge is 0.497 e. The van der Waals surface area contributed by atoms with Crippen LogP contribution in [0.15, 0.2) is 46.3 Å². The standard InChI is InChI=1S/C24H29N3O5S2/c1-15-10-16(2)14-27(13-15)34(29,30)19-8-6-17(7-9-19)23(28)25-24-26(3)22-20(32-5)11-18(31-4)12-21(22)33-24/h6-9,11-12,15-16H,10,13-14H2,1-5H3. The molecule has 34 heavy (non-hydrogen) atoms. The Morgan fingerprint density at radius 1 is 1.06 bits per heavy atom. The van der Waals surface area contributed by atoms with Gasteiger partial charge in [-0.1, -0.05) is 25.2 Å². The molecule has 2 unspecified atom stereocenters. The molecular formula is C24H29N3O5S2. The number of hydrogen-bond donors (Lipinski definition) is 0. The third kappa shape index (κ3) is 4.62. The molecule has 2 aromatic carbocycles. The third-order valence-electron chi connectivity index (χ3n) is 6.06. The Hall–Kier alpha value is -2.69. The molecule has 1 saturated heterocycles. The molecular weight excluding hydrogens is 474 g/mol. The van der Waals surface area contributed by atoms with Crippen molar-refractivity contribution in [1.82, 2.24) is 8.87 Å². The van der Waals surface area contributed by atoms with Crippen molar-refractivity contribution in [2.75, 3.05) is 27.3 Å². The maximum Gasteiger partial charge on any atom is 0.279 e. The van der Waals surface area contributed by atoms with Crippen LogP contribution in [0.5, 0.6) is 11.5 Å². The van der Waals surface area contributed by atoms with Gasteiger partial charge >= 0.3 is 0 Å². The molecule has 182 valence electrons. The highest BCUT2D eigenvalue weighted by atomic mass is 32.2. The summed E-state index contributed by atoms with van der Waals surface area (Å²) >= 11 is 1.35. The molecule has 1 fully saturated rings. The number of aryl methyl sites for hydroxylation is 1. The van der Waals surface area contributed by atoms with Gasteiger partial charge in [0.1, 0.15) is 17.0 Å². The number of thiazole rings is 1. The number of fused-ring (bicyclic) bond motifs is 1. The lowest BCUT2D eigenvalue weighted by atomic mass is 9.94. The van der Waals surface area contributed by atoms with Gasteiger partial charge in [-0.2, -0.15) is 9.30 Å². The lowest BCUT2D eigenvalue weighted by molar-refractivity contribution is 0.0998. The van der Waals surface area contributed by atoms with Crippen molar-refractivity contribution in [3.05, 3.63) is 46.8 Å². The Balaban J connectivity index is 1.63. The minimum Gasteiger partial charge on any atom is -0.497 e. The van der Waals surface area contributed by atoms with Crippen LogP contribution in [0.4, 0.5) is 0 Å². The Morgan fingerprint density at radius 2 is 1.71 bits per heavy atom. The number of aromatic nitrogens is 1. The topological polar surface area (TPSA) is 90.2 Å². The molecule has 0 saturated carbocycles. The average Bonchev–Trinajstić information content (AvgIpc) is 3.12. The molecule has 0 spiro atoms. The van der Waals surface area contributed by atoms with Gasteiger partial charge in [-0.05, 0) is 48.6 Å². The summed E-state index contributed by atoms with van der Waals surface area (Å²) in [6.07, 6.45) is 1.02. The Kier molecular flexibility index (Phi) is 6.84. The summed E-state index contributed by atoms with van der Waals surface area (Å²) in [6, 6.07) is 9.66. The van der Waals surface area contributed by atoms with Crippen LogP contribution >= 0.6 is 11.3 Å². The van der Waals surface area contributed by atoms with E-state index in [-0.39, 0.29) is 4.90 Å². The van der Waals surface area contributed by atoms with Crippen LogP contribution < -0.4 is 14.3 Å². The summed E-state index contributed by atoms with van der Waals surface area (Å²) in [7, 11) is 1.37. The average molecular weight is 504 g/mol. The van der Waals surface area contributed by atoms with Crippen molar-refractivity contribution in [2.45, 2.75) is 25.2 Å². The zero-order valence-electron chi connectivity index (χ0n) is 19.9. The van der Waals surface area contributed by atoms with Crippen molar-refractivity contribution in [1.29, 1.82) is 0 Å². The molecule has 2 atom stereocenters. The number of amides is 1. The zero-order valence-corrected chi connectivity index (χ0v) is 21.6. The number of hydrogen-bond acceptors (Lipinski definition) is 6. The molecule has 2 heterocycles. The van der Waals surface area contributed by atoms with Crippen molar-refractivity contribution in [2.24, 2.45) is 23.9 Å². The first-order valence-electron chi connectivity index (χ1n) is 11.0. The second-order valence-electron chi connectivity index (χ2n) is 8.83. The molecule has 1 aliphatic rings. The second-order valence-corrected chi connectivity index (χ2v) is 11.8. The molecule has 0 radical (unpaired) electrons. The molecule has 10 heteroatoms. The maximum atomic E-state index is 13.1. The van der Waals surface area contributed by atoms with Gasteiger partial charge in [-0.3, -0.25) is 4.79 Å². The highest BCUT2D eigenvalue weighted by molar-refractivity contribution is 7.89. The lowest BCUT2D eigenvalue weighted by Gasteiger charge is -2.34. The van der Waals surface area contributed by atoms with Crippen LogP contribution in [0.2, 0.25) is 0 Å². The molecule has 0 aliphatic carbocycles. The normalized spacial score (nSPS) is 20.0. The van der Waals surface area contributed by atoms with Crippen LogP contribution in [0.1, 0.15) is 30.6 Å². The highest BCUT2D eigenvalue weighted by Gasteiger charge is 2.31. The predicted octanol–water partition coefficient (Wildman–Crippen LogP) is 3.66. The summed E-state index contributed by atoms with van der Waals surface area (Å²) in [5.41, 5.74) is 1.13. The number of carbonyl (C=O) groups is 1. The number of methoxy groups -OCH3 is 2. The van der Waals surface area contributed by atoms with Gasteiger partial charge < -0.3 is 14.0 Å². The summed E-state index contributed by atoms with van der Waals surface area (Å²) in [5.74, 6) is 1.46. The fourth-order valence-electron chi connectivity index (χ4n) is 4.47. The summed E-state index contributed by atoms with van der Waals surface area (Å²) < 4.78 is 41.2. The number of piperidine rings is 1. The van der Waals surface area contributed by atoms with Gasteiger partial charge in [-0.15, -0.1) is 0 Å². The van der Waals surface area contributed by atoms with E-state index in [0.29, 0.717) is 46.8 Å². The van der Waals surface area contributed by atoms with Crippen LogP contribution in [0, 0.1) is 11.8 Å². The first-order chi connectivity index (χ1) is 16.1. The summed E-state index contributed by atoms with van der Waals surface area (Å²) in [6.45, 7) is 5.17. The van der Waals surface area contributed by atoms with Crippen LogP contribution in [0.25, 0.3) is 10.2 Å². The fraction of sp³-hybridized carbons (Fsp3) is 0.417. The number of nitrogens with zero attached hydrogens (tertiary/aromatic N) is 3. The Labute approximate surface area is 203 Å². The SMILES string of the molecule is COc1cc(OC)c2c(c1)sc(=NC(=O)c1ccc(S(=O)(=O)N3CC(C)CC(C)C3)cc1)n2C. The number of rotatable bonds is 5. The Bertz CT molecular complexity index is 1380. The lowest BCUT2D eigenvalue weighted by Crippen LogP contribution is -2.42. The number of ether oxygens (including phenoxy) is 2. The van der Waals surface area contributed by atoms with Crippen LogP contribution in [-0.4, -0.2) is 50.5 Å². The van der Waals surface area contributed by atoms with Crippen LogP contribution in [-0.2, 0) is 17.1 Å². The maximum absolute atomic E-state index is 13.1. The minimum atomic E-state index is -3.60. The summed E-state index contributed by atoms with van der Waals surface area (Å²) in [5, 5.41) is 0. The molecule has 4 rings (SSSR count). The molecule has 0 N–H and O–H groups in total. The molecule has 1 aromatic heterocycles.